The first-order valence-electron chi connectivity index (χ1n) is 10.6. The summed E-state index contributed by atoms with van der Waals surface area (Å²) < 4.78 is 6.50. The summed E-state index contributed by atoms with van der Waals surface area (Å²) in [6.45, 7) is 6.18. The van der Waals surface area contributed by atoms with Crippen molar-refractivity contribution < 1.29 is 19.4 Å². The lowest BCUT2D eigenvalue weighted by atomic mass is 9.46. The van der Waals surface area contributed by atoms with Crippen molar-refractivity contribution >= 4 is 40.1 Å². The molecule has 5 nitrogen and oxygen atoms in total. The minimum absolute atomic E-state index is 0.0475. The summed E-state index contributed by atoms with van der Waals surface area (Å²) in [5, 5.41) is 11.5. The zero-order chi connectivity index (χ0) is 20.8. The second-order valence-corrected chi connectivity index (χ2v) is 10.8. The minimum Gasteiger partial charge on any atom is -0.475 e. The predicted molar refractivity (Wildman–Crippen MR) is 118 cm³/mol. The zero-order valence-electron chi connectivity index (χ0n) is 17.2. The largest absolute Gasteiger partial charge is 0.475 e. The van der Waals surface area contributed by atoms with E-state index in [2.05, 4.69) is 36.4 Å². The van der Waals surface area contributed by atoms with Crippen molar-refractivity contribution in [2.75, 3.05) is 4.43 Å². The molecule has 1 heterocycles. The van der Waals surface area contributed by atoms with E-state index >= 15 is 0 Å². The van der Waals surface area contributed by atoms with E-state index in [9.17, 15) is 14.7 Å². The van der Waals surface area contributed by atoms with E-state index in [1.807, 2.05) is 13.0 Å². The summed E-state index contributed by atoms with van der Waals surface area (Å²) in [4.78, 5) is 30.1. The number of hydrogen-bond donors (Lipinski definition) is 1. The number of aliphatic hydroxyl groups is 1. The van der Waals surface area contributed by atoms with Crippen LogP contribution in [-0.2, 0) is 14.3 Å². The number of rotatable bonds is 2. The van der Waals surface area contributed by atoms with Gasteiger partial charge in [-0.05, 0) is 49.7 Å². The molecule has 4 aliphatic carbocycles. The van der Waals surface area contributed by atoms with Crippen LogP contribution in [0.2, 0.25) is 0 Å². The Bertz CT molecular complexity index is 893. The van der Waals surface area contributed by atoms with Crippen molar-refractivity contribution in [3.05, 3.63) is 23.8 Å². The van der Waals surface area contributed by atoms with Crippen molar-refractivity contribution in [2.24, 2.45) is 33.6 Å². The highest BCUT2D eigenvalue weighted by Gasteiger charge is 2.74. The number of hydrogen-bond acceptors (Lipinski definition) is 5. The topological polar surface area (TPSA) is 76.0 Å². The summed E-state index contributed by atoms with van der Waals surface area (Å²) in [5.74, 6) is 1.38. The third-order valence-electron chi connectivity index (χ3n) is 8.88. The highest BCUT2D eigenvalue weighted by atomic mass is 127. The molecule has 0 amide bonds. The predicted octanol–water partition coefficient (Wildman–Crippen LogP) is 3.44. The number of ketones is 2. The summed E-state index contributed by atoms with van der Waals surface area (Å²) in [5.41, 5.74) is -0.431. The van der Waals surface area contributed by atoms with Gasteiger partial charge in [-0.15, -0.1) is 0 Å². The van der Waals surface area contributed by atoms with Crippen LogP contribution in [0.15, 0.2) is 28.8 Å². The molecule has 1 N–H and O–H groups in total. The lowest BCUT2D eigenvalue weighted by Gasteiger charge is -2.59. The normalized spacial score (nSPS) is 50.0. The molecule has 0 radical (unpaired) electrons. The first kappa shape index (κ1) is 19.9. The molecule has 0 bridgehead atoms. The Hall–Kier alpha value is -1.02. The Kier molecular flexibility index (Phi) is 4.29. The molecule has 0 aromatic rings. The molecule has 5 aliphatic rings. The second-order valence-electron chi connectivity index (χ2n) is 10.0. The average Bonchev–Trinajstić information content (AvgIpc) is 3.12. The van der Waals surface area contributed by atoms with Crippen LogP contribution in [0.5, 0.6) is 0 Å². The van der Waals surface area contributed by atoms with Gasteiger partial charge in [-0.2, -0.15) is 0 Å². The number of carbonyl (C=O) groups is 2. The van der Waals surface area contributed by atoms with Crippen molar-refractivity contribution in [2.45, 2.75) is 64.2 Å². The van der Waals surface area contributed by atoms with Gasteiger partial charge in [0.25, 0.3) is 0 Å². The van der Waals surface area contributed by atoms with Crippen molar-refractivity contribution in [3.63, 3.8) is 0 Å². The molecule has 29 heavy (non-hydrogen) atoms. The van der Waals surface area contributed by atoms with Gasteiger partial charge < -0.3 is 9.84 Å². The Labute approximate surface area is 185 Å². The maximum atomic E-state index is 13.3. The van der Waals surface area contributed by atoms with Gasteiger partial charge in [0.1, 0.15) is 6.10 Å². The van der Waals surface area contributed by atoms with Gasteiger partial charge in [0, 0.05) is 23.7 Å². The van der Waals surface area contributed by atoms with E-state index in [-0.39, 0.29) is 40.8 Å². The summed E-state index contributed by atoms with van der Waals surface area (Å²) in [6, 6.07) is 0. The number of ether oxygens (including phenoxy) is 1. The van der Waals surface area contributed by atoms with Crippen molar-refractivity contribution in [1.82, 2.24) is 0 Å². The molecular weight excluding hydrogens is 481 g/mol. The van der Waals surface area contributed by atoms with Crippen LogP contribution in [0, 0.1) is 28.6 Å². The monoisotopic (exact) mass is 509 g/mol. The van der Waals surface area contributed by atoms with Crippen LogP contribution >= 0.6 is 22.6 Å². The standard InChI is InChI=1S/C23H28INO4/c1-12-25-23(18(28)11-24)19(29-12)9-16-15-5-4-13-8-14(26)6-7-21(13,2)20(15)17(27)10-22(16,23)3/h6-8,15-17,19-20,27H,4-5,9-11H2,1-3H3/t15-,16-,17-,19+,20+,21-,22-,23+/m0/s1. The molecule has 8 atom stereocenters. The minimum atomic E-state index is -0.871. The molecule has 0 aromatic carbocycles. The van der Waals surface area contributed by atoms with Gasteiger partial charge in [-0.1, -0.05) is 48.1 Å². The van der Waals surface area contributed by atoms with E-state index in [0.29, 0.717) is 16.7 Å². The maximum absolute atomic E-state index is 13.3. The van der Waals surface area contributed by atoms with Crippen LogP contribution in [-0.4, -0.2) is 44.7 Å². The Morgan fingerprint density at radius 3 is 2.90 bits per heavy atom. The fourth-order valence-electron chi connectivity index (χ4n) is 7.79. The highest BCUT2D eigenvalue weighted by Crippen LogP contribution is 2.69. The smallest absolute Gasteiger partial charge is 0.181 e. The second kappa shape index (κ2) is 6.25. The van der Waals surface area contributed by atoms with Crippen molar-refractivity contribution in [3.8, 4) is 0 Å². The van der Waals surface area contributed by atoms with Gasteiger partial charge >= 0.3 is 0 Å². The molecule has 5 rings (SSSR count). The fraction of sp³-hybridized carbons (Fsp3) is 0.696. The molecule has 1 aliphatic heterocycles. The van der Waals surface area contributed by atoms with E-state index in [4.69, 9.17) is 9.73 Å². The van der Waals surface area contributed by atoms with E-state index in [1.54, 1.807) is 12.2 Å². The summed E-state index contributed by atoms with van der Waals surface area (Å²) in [6.07, 6.45) is 7.86. The maximum Gasteiger partial charge on any atom is 0.181 e. The number of Topliss-reactive ketones (excluding diaryl/α,β-unsaturated/α-hetero) is 1. The SMILES string of the molecule is CC1=N[C@]2(C(=O)CI)[C@@H](C[C@H]3[C@@H]4CCC5=CC(=O)C=C[C@]5(C)[C@H]4[C@@H](O)C[C@@]32C)O1. The van der Waals surface area contributed by atoms with Crippen LogP contribution in [0.1, 0.15) is 46.5 Å². The molecule has 0 spiro atoms. The number of carbonyl (C=O) groups excluding carboxylic acids is 2. The number of allylic oxidation sites excluding steroid dienone is 4. The molecule has 156 valence electrons. The van der Waals surface area contributed by atoms with Gasteiger partial charge in [-0.25, -0.2) is 4.99 Å². The molecule has 6 heteroatoms. The zero-order valence-corrected chi connectivity index (χ0v) is 19.3. The molecular formula is C23H28INO4. The number of alkyl halides is 1. The third kappa shape index (κ3) is 2.33. The molecule has 0 saturated heterocycles. The van der Waals surface area contributed by atoms with Crippen LogP contribution < -0.4 is 0 Å². The number of nitrogens with zero attached hydrogens (tertiary/aromatic N) is 1. The number of aliphatic hydroxyl groups excluding tert-OH is 1. The van der Waals surface area contributed by atoms with E-state index in [1.165, 1.54) is 0 Å². The van der Waals surface area contributed by atoms with Gasteiger partial charge in [0.2, 0.25) is 0 Å². The van der Waals surface area contributed by atoms with Gasteiger partial charge in [0.05, 0.1) is 10.5 Å². The quantitative estimate of drug-likeness (QED) is 0.457. The van der Waals surface area contributed by atoms with Crippen molar-refractivity contribution in [1.29, 1.82) is 0 Å². The van der Waals surface area contributed by atoms with E-state index < -0.39 is 17.1 Å². The number of halogens is 1. The van der Waals surface area contributed by atoms with Gasteiger partial charge in [0.15, 0.2) is 23.0 Å². The fourth-order valence-corrected chi connectivity index (χ4v) is 8.37. The summed E-state index contributed by atoms with van der Waals surface area (Å²) in [7, 11) is 0. The van der Waals surface area contributed by atoms with Crippen LogP contribution in [0.4, 0.5) is 0 Å². The number of fused-ring (bicyclic) bond motifs is 7. The Morgan fingerprint density at radius 2 is 2.17 bits per heavy atom. The van der Waals surface area contributed by atoms with E-state index in [0.717, 1.165) is 24.8 Å². The van der Waals surface area contributed by atoms with Gasteiger partial charge in [-0.3, -0.25) is 9.59 Å². The highest BCUT2D eigenvalue weighted by molar-refractivity contribution is 14.1. The molecule has 3 saturated carbocycles. The molecule has 0 unspecified atom stereocenters. The number of aliphatic imine (C=N–C) groups is 1. The Morgan fingerprint density at radius 1 is 1.41 bits per heavy atom. The third-order valence-corrected chi connectivity index (χ3v) is 9.58. The molecule has 3 fully saturated rings. The molecule has 0 aromatic heterocycles. The first-order valence-corrected chi connectivity index (χ1v) is 12.1. The first-order chi connectivity index (χ1) is 13.7. The summed E-state index contributed by atoms with van der Waals surface area (Å²) >= 11 is 2.14. The van der Waals surface area contributed by atoms with Crippen LogP contribution in [0.3, 0.4) is 0 Å². The van der Waals surface area contributed by atoms with Crippen LogP contribution in [0.25, 0.3) is 0 Å². The Balaban J connectivity index is 1.61. The average molecular weight is 509 g/mol. The lowest BCUT2D eigenvalue weighted by molar-refractivity contribution is -0.141. The lowest BCUT2D eigenvalue weighted by Crippen LogP contribution is -2.62.